The molecule has 0 saturated heterocycles. The molecule has 2 aromatic heterocycles. The summed E-state index contributed by atoms with van der Waals surface area (Å²) in [4.78, 5) is 12.5. The molecule has 1 amide bonds. The standard InChI is InChI=1S/C16H16ClN5OS/c1-9-4-6-12(7-5-9)8-22-14(17)13(10(2)21-22)15(23)18-16-20-19-11(3)24-16/h4-7H,8H2,1-3H3,(H,18,20,23). The molecule has 124 valence electrons. The Morgan fingerprint density at radius 1 is 1.21 bits per heavy atom. The van der Waals surface area contributed by atoms with Gasteiger partial charge in [-0.1, -0.05) is 52.8 Å². The number of benzene rings is 1. The van der Waals surface area contributed by atoms with Crippen molar-refractivity contribution < 1.29 is 4.79 Å². The van der Waals surface area contributed by atoms with Crippen molar-refractivity contribution in [2.75, 3.05) is 5.32 Å². The number of nitrogens with zero attached hydrogens (tertiary/aromatic N) is 4. The van der Waals surface area contributed by atoms with Crippen LogP contribution in [0.5, 0.6) is 0 Å². The molecule has 0 radical (unpaired) electrons. The van der Waals surface area contributed by atoms with Gasteiger partial charge in [0.05, 0.1) is 17.8 Å². The van der Waals surface area contributed by atoms with Crippen LogP contribution in [0.1, 0.15) is 32.2 Å². The molecule has 1 N–H and O–H groups in total. The maximum Gasteiger partial charge on any atom is 0.262 e. The van der Waals surface area contributed by atoms with Crippen LogP contribution < -0.4 is 5.32 Å². The van der Waals surface area contributed by atoms with E-state index >= 15 is 0 Å². The van der Waals surface area contributed by atoms with Gasteiger partial charge in [0.1, 0.15) is 10.2 Å². The van der Waals surface area contributed by atoms with Gasteiger partial charge in [0.2, 0.25) is 5.13 Å². The Labute approximate surface area is 148 Å². The Morgan fingerprint density at radius 3 is 2.54 bits per heavy atom. The molecular formula is C16H16ClN5OS. The van der Waals surface area contributed by atoms with Crippen molar-refractivity contribution >= 4 is 34.0 Å². The van der Waals surface area contributed by atoms with Gasteiger partial charge in [0.25, 0.3) is 5.91 Å². The maximum atomic E-state index is 12.5. The Morgan fingerprint density at radius 2 is 1.92 bits per heavy atom. The first kappa shape index (κ1) is 16.6. The fourth-order valence-corrected chi connectivity index (χ4v) is 3.20. The van der Waals surface area contributed by atoms with Crippen LogP contribution in [0, 0.1) is 20.8 Å². The molecular weight excluding hydrogens is 346 g/mol. The molecule has 0 fully saturated rings. The van der Waals surface area contributed by atoms with E-state index in [0.29, 0.717) is 28.1 Å². The summed E-state index contributed by atoms with van der Waals surface area (Å²) in [5.41, 5.74) is 3.19. The Balaban J connectivity index is 1.83. The van der Waals surface area contributed by atoms with Crippen molar-refractivity contribution in [3.8, 4) is 0 Å². The summed E-state index contributed by atoms with van der Waals surface area (Å²) in [7, 11) is 0. The first-order valence-corrected chi connectivity index (χ1v) is 8.53. The maximum absolute atomic E-state index is 12.5. The SMILES string of the molecule is Cc1ccc(Cn2nc(C)c(C(=O)Nc3nnc(C)s3)c2Cl)cc1. The van der Waals surface area contributed by atoms with Crippen molar-refractivity contribution in [3.63, 3.8) is 0 Å². The summed E-state index contributed by atoms with van der Waals surface area (Å²) in [5.74, 6) is -0.330. The van der Waals surface area contributed by atoms with Gasteiger partial charge in [-0.3, -0.25) is 10.1 Å². The van der Waals surface area contributed by atoms with Crippen LogP contribution in [0.15, 0.2) is 24.3 Å². The Kier molecular flexibility index (Phi) is 4.64. The molecule has 0 aliphatic heterocycles. The predicted octanol–water partition coefficient (Wildman–Crippen LogP) is 3.61. The number of carbonyl (C=O) groups excluding carboxylic acids is 1. The molecule has 2 heterocycles. The van der Waals surface area contributed by atoms with Crippen molar-refractivity contribution in [3.05, 3.63) is 56.8 Å². The first-order chi connectivity index (χ1) is 11.4. The molecule has 0 spiro atoms. The highest BCUT2D eigenvalue weighted by atomic mass is 35.5. The van der Waals surface area contributed by atoms with E-state index in [-0.39, 0.29) is 5.91 Å². The lowest BCUT2D eigenvalue weighted by Gasteiger charge is -2.05. The minimum absolute atomic E-state index is 0.312. The number of anilines is 1. The largest absolute Gasteiger partial charge is 0.296 e. The number of hydrogen-bond donors (Lipinski definition) is 1. The highest BCUT2D eigenvalue weighted by molar-refractivity contribution is 7.15. The molecule has 0 saturated carbocycles. The summed E-state index contributed by atoms with van der Waals surface area (Å²) < 4.78 is 1.63. The van der Waals surface area contributed by atoms with Gasteiger partial charge in [-0.2, -0.15) is 5.10 Å². The number of halogens is 1. The molecule has 6 nitrogen and oxygen atoms in total. The third-order valence-electron chi connectivity index (χ3n) is 3.49. The van der Waals surface area contributed by atoms with Gasteiger partial charge in [-0.25, -0.2) is 4.68 Å². The number of aryl methyl sites for hydroxylation is 3. The smallest absolute Gasteiger partial charge is 0.262 e. The van der Waals surface area contributed by atoms with Gasteiger partial charge >= 0.3 is 0 Å². The molecule has 3 aromatic rings. The molecule has 24 heavy (non-hydrogen) atoms. The van der Waals surface area contributed by atoms with E-state index in [1.54, 1.807) is 11.6 Å². The average molecular weight is 362 g/mol. The zero-order valence-corrected chi connectivity index (χ0v) is 15.1. The fraction of sp³-hybridized carbons (Fsp3) is 0.250. The zero-order valence-electron chi connectivity index (χ0n) is 13.5. The van der Waals surface area contributed by atoms with E-state index in [0.717, 1.165) is 10.6 Å². The predicted molar refractivity (Wildman–Crippen MR) is 94.9 cm³/mol. The van der Waals surface area contributed by atoms with Crippen molar-refractivity contribution in [2.45, 2.75) is 27.3 Å². The van der Waals surface area contributed by atoms with Gasteiger partial charge in [0.15, 0.2) is 0 Å². The molecule has 0 atom stereocenters. The summed E-state index contributed by atoms with van der Waals surface area (Å²) in [5, 5.41) is 16.4. The molecule has 1 aromatic carbocycles. The normalized spacial score (nSPS) is 10.8. The van der Waals surface area contributed by atoms with Crippen LogP contribution in [-0.4, -0.2) is 25.9 Å². The second-order valence-electron chi connectivity index (χ2n) is 5.47. The number of hydrogen-bond acceptors (Lipinski definition) is 5. The van der Waals surface area contributed by atoms with Crippen LogP contribution in [0.4, 0.5) is 5.13 Å². The zero-order chi connectivity index (χ0) is 17.3. The number of aromatic nitrogens is 4. The van der Waals surface area contributed by atoms with E-state index in [4.69, 9.17) is 11.6 Å². The van der Waals surface area contributed by atoms with Crippen molar-refractivity contribution in [2.24, 2.45) is 0 Å². The Hall–Kier alpha value is -2.25. The van der Waals surface area contributed by atoms with Crippen LogP contribution >= 0.6 is 22.9 Å². The first-order valence-electron chi connectivity index (χ1n) is 7.34. The lowest BCUT2D eigenvalue weighted by Crippen LogP contribution is -2.13. The van der Waals surface area contributed by atoms with E-state index in [9.17, 15) is 4.79 Å². The Bertz CT molecular complexity index is 885. The second-order valence-corrected chi connectivity index (χ2v) is 7.01. The molecule has 0 aliphatic carbocycles. The van der Waals surface area contributed by atoms with Crippen LogP contribution in [0.2, 0.25) is 5.15 Å². The third-order valence-corrected chi connectivity index (χ3v) is 4.63. The highest BCUT2D eigenvalue weighted by Gasteiger charge is 2.21. The molecule has 0 aliphatic rings. The van der Waals surface area contributed by atoms with E-state index < -0.39 is 0 Å². The highest BCUT2D eigenvalue weighted by Crippen LogP contribution is 2.23. The van der Waals surface area contributed by atoms with Crippen LogP contribution in [0.3, 0.4) is 0 Å². The summed E-state index contributed by atoms with van der Waals surface area (Å²) in [6, 6.07) is 8.11. The number of nitrogens with one attached hydrogen (secondary N) is 1. The number of carbonyl (C=O) groups is 1. The summed E-state index contributed by atoms with van der Waals surface area (Å²) in [6.45, 7) is 6.13. The quantitative estimate of drug-likeness (QED) is 0.770. The van der Waals surface area contributed by atoms with Gasteiger partial charge in [-0.05, 0) is 26.3 Å². The monoisotopic (exact) mass is 361 g/mol. The topological polar surface area (TPSA) is 72.7 Å². The van der Waals surface area contributed by atoms with Gasteiger partial charge in [0, 0.05) is 0 Å². The van der Waals surface area contributed by atoms with Gasteiger partial charge < -0.3 is 0 Å². The second kappa shape index (κ2) is 6.70. The van der Waals surface area contributed by atoms with E-state index in [2.05, 4.69) is 20.6 Å². The molecule has 0 unspecified atom stereocenters. The van der Waals surface area contributed by atoms with Crippen molar-refractivity contribution in [1.82, 2.24) is 20.0 Å². The lowest BCUT2D eigenvalue weighted by atomic mass is 10.1. The van der Waals surface area contributed by atoms with Crippen LogP contribution in [-0.2, 0) is 6.54 Å². The molecule has 3 rings (SSSR count). The molecule has 0 bridgehead atoms. The minimum atomic E-state index is -0.330. The van der Waals surface area contributed by atoms with Crippen molar-refractivity contribution in [1.29, 1.82) is 0 Å². The summed E-state index contributed by atoms with van der Waals surface area (Å²) in [6.07, 6.45) is 0. The summed E-state index contributed by atoms with van der Waals surface area (Å²) >= 11 is 7.69. The van der Waals surface area contributed by atoms with Gasteiger partial charge in [-0.15, -0.1) is 10.2 Å². The molecule has 8 heteroatoms. The van der Waals surface area contributed by atoms with E-state index in [1.165, 1.54) is 16.9 Å². The minimum Gasteiger partial charge on any atom is -0.296 e. The fourth-order valence-electron chi connectivity index (χ4n) is 2.29. The number of amides is 1. The average Bonchev–Trinajstić information content (AvgIpc) is 3.05. The number of rotatable bonds is 4. The third kappa shape index (κ3) is 3.47. The lowest BCUT2D eigenvalue weighted by molar-refractivity contribution is 0.102. The van der Waals surface area contributed by atoms with Crippen LogP contribution in [0.25, 0.3) is 0 Å². The van der Waals surface area contributed by atoms with E-state index in [1.807, 2.05) is 38.1 Å².